The third-order valence-corrected chi connectivity index (χ3v) is 5.49. The molecule has 0 bridgehead atoms. The Balaban J connectivity index is 1.21. The van der Waals surface area contributed by atoms with E-state index in [0.717, 1.165) is 12.8 Å². The Bertz CT molecular complexity index is 823. The quantitative estimate of drug-likeness (QED) is 0.380. The van der Waals surface area contributed by atoms with Crippen molar-refractivity contribution in [3.63, 3.8) is 0 Å². The molecule has 1 atom stereocenters. The molecule has 1 fully saturated rings. The Labute approximate surface area is 170 Å². The lowest BCUT2D eigenvalue weighted by Crippen LogP contribution is -2.39. The Morgan fingerprint density at radius 1 is 1.14 bits per heavy atom. The SMILES string of the molecule is NC1(COCNC(O)COC(=O)NCC2c3ccccc3-c3ccccc32)CC1. The van der Waals surface area contributed by atoms with Gasteiger partial charge >= 0.3 is 6.09 Å². The van der Waals surface area contributed by atoms with Crippen molar-refractivity contribution in [1.29, 1.82) is 0 Å². The number of hydrogen-bond acceptors (Lipinski definition) is 6. The zero-order chi connectivity index (χ0) is 20.3. The highest BCUT2D eigenvalue weighted by Gasteiger charge is 2.38. The van der Waals surface area contributed by atoms with Crippen LogP contribution in [0.4, 0.5) is 4.79 Å². The molecular formula is C22H27N3O4. The minimum Gasteiger partial charge on any atom is -0.445 e. The van der Waals surface area contributed by atoms with E-state index in [-0.39, 0.29) is 24.8 Å². The van der Waals surface area contributed by atoms with Gasteiger partial charge in [-0.3, -0.25) is 5.32 Å². The largest absolute Gasteiger partial charge is 0.445 e. The maximum Gasteiger partial charge on any atom is 0.407 e. The molecule has 0 heterocycles. The van der Waals surface area contributed by atoms with Gasteiger partial charge < -0.3 is 25.6 Å². The highest BCUT2D eigenvalue weighted by Crippen LogP contribution is 2.44. The van der Waals surface area contributed by atoms with E-state index < -0.39 is 12.3 Å². The number of aliphatic hydroxyl groups is 1. The molecule has 0 saturated heterocycles. The van der Waals surface area contributed by atoms with E-state index in [9.17, 15) is 9.90 Å². The van der Waals surface area contributed by atoms with Crippen LogP contribution in [0.1, 0.15) is 29.9 Å². The molecule has 7 heteroatoms. The second-order valence-electron chi connectivity index (χ2n) is 7.78. The van der Waals surface area contributed by atoms with Crippen LogP contribution >= 0.6 is 0 Å². The summed E-state index contributed by atoms with van der Waals surface area (Å²) in [6.07, 6.45) is 0.373. The summed E-state index contributed by atoms with van der Waals surface area (Å²) in [5, 5.41) is 15.4. The van der Waals surface area contributed by atoms with Crippen LogP contribution in [0.2, 0.25) is 0 Å². The van der Waals surface area contributed by atoms with E-state index in [2.05, 4.69) is 34.9 Å². The van der Waals surface area contributed by atoms with Crippen LogP contribution in [0, 0.1) is 0 Å². The first kappa shape index (κ1) is 19.8. The van der Waals surface area contributed by atoms with Gasteiger partial charge in [-0.05, 0) is 35.1 Å². The summed E-state index contributed by atoms with van der Waals surface area (Å²) in [4.78, 5) is 12.1. The number of carbonyl (C=O) groups is 1. The average molecular weight is 397 g/mol. The van der Waals surface area contributed by atoms with Gasteiger partial charge in [-0.25, -0.2) is 4.79 Å². The lowest BCUT2D eigenvalue weighted by molar-refractivity contribution is 0.00942. The molecule has 154 valence electrons. The first-order chi connectivity index (χ1) is 14.1. The van der Waals surface area contributed by atoms with E-state index >= 15 is 0 Å². The number of alkyl carbamates (subject to hydrolysis) is 1. The summed E-state index contributed by atoms with van der Waals surface area (Å²) in [6, 6.07) is 16.5. The summed E-state index contributed by atoms with van der Waals surface area (Å²) in [6.45, 7) is 0.873. The molecule has 2 aliphatic carbocycles. The molecule has 0 radical (unpaired) electrons. The molecule has 2 aromatic rings. The monoisotopic (exact) mass is 397 g/mol. The van der Waals surface area contributed by atoms with Gasteiger partial charge in [0.25, 0.3) is 0 Å². The minimum atomic E-state index is -0.999. The van der Waals surface area contributed by atoms with Crippen molar-refractivity contribution in [3.05, 3.63) is 59.7 Å². The third-order valence-electron chi connectivity index (χ3n) is 5.49. The maximum atomic E-state index is 12.1. The lowest BCUT2D eigenvalue weighted by Gasteiger charge is -2.17. The predicted octanol–water partition coefficient (Wildman–Crippen LogP) is 1.90. The zero-order valence-corrected chi connectivity index (χ0v) is 16.3. The molecule has 2 aliphatic rings. The van der Waals surface area contributed by atoms with Gasteiger partial charge in [0.05, 0.1) is 13.3 Å². The van der Waals surface area contributed by atoms with E-state index in [1.807, 2.05) is 24.3 Å². The highest BCUT2D eigenvalue weighted by atomic mass is 16.6. The summed E-state index contributed by atoms with van der Waals surface area (Å²) in [5.41, 5.74) is 10.5. The second-order valence-corrected chi connectivity index (χ2v) is 7.78. The number of fused-ring (bicyclic) bond motifs is 3. The fourth-order valence-electron chi connectivity index (χ4n) is 3.64. The number of aliphatic hydroxyl groups excluding tert-OH is 1. The van der Waals surface area contributed by atoms with Crippen molar-refractivity contribution in [2.45, 2.75) is 30.5 Å². The normalized spacial score (nSPS) is 17.3. The molecule has 5 N–H and O–H groups in total. The molecule has 7 nitrogen and oxygen atoms in total. The van der Waals surface area contributed by atoms with Crippen LogP contribution in [0.15, 0.2) is 48.5 Å². The molecule has 0 spiro atoms. The Morgan fingerprint density at radius 3 is 2.38 bits per heavy atom. The van der Waals surface area contributed by atoms with Gasteiger partial charge in [-0.15, -0.1) is 0 Å². The van der Waals surface area contributed by atoms with Gasteiger partial charge in [-0.1, -0.05) is 48.5 Å². The summed E-state index contributed by atoms with van der Waals surface area (Å²) in [5.74, 6) is 0.0809. The van der Waals surface area contributed by atoms with Gasteiger partial charge in [0.15, 0.2) is 0 Å². The van der Waals surface area contributed by atoms with Crippen LogP contribution in [0.3, 0.4) is 0 Å². The van der Waals surface area contributed by atoms with Crippen molar-refractivity contribution in [2.24, 2.45) is 5.73 Å². The van der Waals surface area contributed by atoms with Crippen molar-refractivity contribution >= 4 is 6.09 Å². The number of nitrogens with one attached hydrogen (secondary N) is 2. The van der Waals surface area contributed by atoms with Gasteiger partial charge in [-0.2, -0.15) is 0 Å². The van der Waals surface area contributed by atoms with Crippen molar-refractivity contribution in [2.75, 3.05) is 26.5 Å². The lowest BCUT2D eigenvalue weighted by atomic mass is 9.97. The third kappa shape index (κ3) is 4.76. The number of nitrogens with two attached hydrogens (primary N) is 1. The summed E-state index contributed by atoms with van der Waals surface area (Å²) >= 11 is 0. The molecule has 29 heavy (non-hydrogen) atoms. The minimum absolute atomic E-state index is 0.0809. The molecule has 0 aromatic heterocycles. The Kier molecular flexibility index (Phi) is 5.82. The highest BCUT2D eigenvalue weighted by molar-refractivity contribution is 5.79. The molecule has 4 rings (SSSR count). The van der Waals surface area contributed by atoms with Crippen LogP contribution in [0.5, 0.6) is 0 Å². The number of rotatable bonds is 9. The van der Waals surface area contributed by atoms with E-state index in [4.69, 9.17) is 15.2 Å². The number of amides is 1. The van der Waals surface area contributed by atoms with Gasteiger partial charge in [0.2, 0.25) is 0 Å². The van der Waals surface area contributed by atoms with Gasteiger partial charge in [0, 0.05) is 18.0 Å². The smallest absolute Gasteiger partial charge is 0.407 e. The molecule has 2 aromatic carbocycles. The Morgan fingerprint density at radius 2 is 1.76 bits per heavy atom. The number of hydrogen-bond donors (Lipinski definition) is 4. The average Bonchev–Trinajstić information content (AvgIpc) is 3.39. The van der Waals surface area contributed by atoms with Crippen LogP contribution in [-0.4, -0.2) is 49.5 Å². The van der Waals surface area contributed by atoms with E-state index in [0.29, 0.717) is 13.2 Å². The fraction of sp³-hybridized carbons (Fsp3) is 0.409. The summed E-state index contributed by atoms with van der Waals surface area (Å²) in [7, 11) is 0. The first-order valence-corrected chi connectivity index (χ1v) is 9.93. The van der Waals surface area contributed by atoms with Gasteiger partial charge in [0.1, 0.15) is 12.8 Å². The zero-order valence-electron chi connectivity index (χ0n) is 16.3. The number of ether oxygens (including phenoxy) is 2. The topological polar surface area (TPSA) is 106 Å². The molecule has 1 saturated carbocycles. The van der Waals surface area contributed by atoms with Crippen molar-refractivity contribution in [1.82, 2.24) is 10.6 Å². The van der Waals surface area contributed by atoms with Crippen molar-refractivity contribution < 1.29 is 19.4 Å². The maximum absolute atomic E-state index is 12.1. The molecular weight excluding hydrogens is 370 g/mol. The van der Waals surface area contributed by atoms with Crippen LogP contribution < -0.4 is 16.4 Å². The van der Waals surface area contributed by atoms with Crippen LogP contribution in [0.25, 0.3) is 11.1 Å². The molecule has 0 aliphatic heterocycles. The molecule has 1 amide bonds. The standard InChI is InChI=1S/C22H27N3O4/c23-22(9-10-22)13-28-14-25-20(26)12-29-21(27)24-11-19-17-7-3-1-5-15(17)16-6-2-4-8-18(16)19/h1-8,19-20,25-26H,9-14,23H2,(H,24,27). The number of benzene rings is 2. The van der Waals surface area contributed by atoms with Crippen LogP contribution in [-0.2, 0) is 9.47 Å². The second kappa shape index (κ2) is 8.51. The summed E-state index contributed by atoms with van der Waals surface area (Å²) < 4.78 is 10.5. The fourth-order valence-corrected chi connectivity index (χ4v) is 3.64. The predicted molar refractivity (Wildman–Crippen MR) is 109 cm³/mol. The first-order valence-electron chi connectivity index (χ1n) is 9.93. The molecule has 1 unspecified atom stereocenters. The van der Waals surface area contributed by atoms with E-state index in [1.54, 1.807) is 0 Å². The van der Waals surface area contributed by atoms with Crippen molar-refractivity contribution in [3.8, 4) is 11.1 Å². The Hall–Kier alpha value is -2.45. The van der Waals surface area contributed by atoms with E-state index in [1.165, 1.54) is 22.3 Å². The number of carbonyl (C=O) groups excluding carboxylic acids is 1.